The quantitative estimate of drug-likeness (QED) is 0.190. The molecule has 0 heterocycles. The Morgan fingerprint density at radius 3 is 2.21 bits per heavy atom. The number of nitrogens with one attached hydrogen (secondary N) is 1. The van der Waals surface area contributed by atoms with Crippen molar-refractivity contribution >= 4 is 46.5 Å². The summed E-state index contributed by atoms with van der Waals surface area (Å²) in [7, 11) is 0. The van der Waals surface area contributed by atoms with Crippen molar-refractivity contribution in [1.82, 2.24) is 0 Å². The van der Waals surface area contributed by atoms with Gasteiger partial charge in [0.25, 0.3) is 11.6 Å². The van der Waals surface area contributed by atoms with Crippen LogP contribution in [0.5, 0.6) is 5.75 Å². The highest BCUT2D eigenvalue weighted by molar-refractivity contribution is 6.34. The summed E-state index contributed by atoms with van der Waals surface area (Å²) in [5, 5.41) is 13.3. The number of nitrogens with zero attached hydrogens (tertiary/aromatic N) is 1. The summed E-state index contributed by atoms with van der Waals surface area (Å²) < 4.78 is 43.3. The van der Waals surface area contributed by atoms with Crippen LogP contribution in [0, 0.1) is 10.1 Å². The third-order valence-electron chi connectivity index (χ3n) is 4.25. The molecule has 0 aromatic heterocycles. The molecule has 7 nitrogen and oxygen atoms in total. The Kier molecular flexibility index (Phi) is 6.89. The fourth-order valence-corrected chi connectivity index (χ4v) is 3.03. The number of non-ortho nitro benzene ring substituents is 1. The summed E-state index contributed by atoms with van der Waals surface area (Å²) in [6.07, 6.45) is -4.57. The molecule has 0 saturated carbocycles. The van der Waals surface area contributed by atoms with Crippen molar-refractivity contribution in [3.63, 3.8) is 0 Å². The van der Waals surface area contributed by atoms with Crippen LogP contribution in [-0.4, -0.2) is 16.8 Å². The molecule has 3 aromatic rings. The van der Waals surface area contributed by atoms with Gasteiger partial charge >= 0.3 is 12.1 Å². The first-order chi connectivity index (χ1) is 15.5. The van der Waals surface area contributed by atoms with Gasteiger partial charge in [-0.3, -0.25) is 14.9 Å². The predicted molar refractivity (Wildman–Crippen MR) is 114 cm³/mol. The van der Waals surface area contributed by atoms with Crippen LogP contribution in [0.25, 0.3) is 0 Å². The monoisotopic (exact) mass is 498 g/mol. The number of carbonyl (C=O) groups excluding carboxylic acids is 2. The Labute approximate surface area is 193 Å². The number of hydrogen-bond donors (Lipinski definition) is 1. The van der Waals surface area contributed by atoms with Crippen LogP contribution in [0.15, 0.2) is 60.7 Å². The molecule has 0 saturated heterocycles. The highest BCUT2D eigenvalue weighted by Crippen LogP contribution is 2.31. The average molecular weight is 499 g/mol. The van der Waals surface area contributed by atoms with Crippen LogP contribution in [0.3, 0.4) is 0 Å². The summed E-state index contributed by atoms with van der Waals surface area (Å²) in [6.45, 7) is 0. The summed E-state index contributed by atoms with van der Waals surface area (Å²) in [5.41, 5.74) is -1.54. The van der Waals surface area contributed by atoms with Gasteiger partial charge in [0.2, 0.25) is 0 Å². The number of halogens is 5. The summed E-state index contributed by atoms with van der Waals surface area (Å²) in [4.78, 5) is 35.3. The largest absolute Gasteiger partial charge is 0.422 e. The zero-order valence-corrected chi connectivity index (χ0v) is 17.7. The lowest BCUT2D eigenvalue weighted by molar-refractivity contribution is -0.384. The van der Waals surface area contributed by atoms with Crippen molar-refractivity contribution in [3.05, 3.63) is 97.5 Å². The van der Waals surface area contributed by atoms with E-state index >= 15 is 0 Å². The minimum absolute atomic E-state index is 0.0484. The van der Waals surface area contributed by atoms with Crippen LogP contribution in [-0.2, 0) is 6.18 Å². The van der Waals surface area contributed by atoms with E-state index in [-0.39, 0.29) is 38.3 Å². The highest BCUT2D eigenvalue weighted by atomic mass is 35.5. The van der Waals surface area contributed by atoms with Crippen LogP contribution in [0.1, 0.15) is 26.3 Å². The van der Waals surface area contributed by atoms with Gasteiger partial charge in [0.1, 0.15) is 5.75 Å². The lowest BCUT2D eigenvalue weighted by Gasteiger charge is -2.12. The number of nitro benzene ring substituents is 1. The molecule has 12 heteroatoms. The second-order valence-electron chi connectivity index (χ2n) is 6.48. The van der Waals surface area contributed by atoms with Gasteiger partial charge in [0.05, 0.1) is 32.3 Å². The molecule has 0 radical (unpaired) electrons. The van der Waals surface area contributed by atoms with Crippen molar-refractivity contribution in [3.8, 4) is 5.75 Å². The average Bonchev–Trinajstić information content (AvgIpc) is 2.75. The summed E-state index contributed by atoms with van der Waals surface area (Å²) in [5.74, 6) is -2.03. The van der Waals surface area contributed by atoms with Gasteiger partial charge in [-0.15, -0.1) is 0 Å². The van der Waals surface area contributed by atoms with Crippen molar-refractivity contribution in [2.24, 2.45) is 0 Å². The molecule has 0 bridgehead atoms. The van der Waals surface area contributed by atoms with Crippen LogP contribution >= 0.6 is 23.2 Å². The molecule has 0 unspecified atom stereocenters. The van der Waals surface area contributed by atoms with Gasteiger partial charge in [0.15, 0.2) is 0 Å². The Morgan fingerprint density at radius 1 is 0.970 bits per heavy atom. The third kappa shape index (κ3) is 5.79. The number of carbonyl (C=O) groups is 2. The molecule has 1 N–H and O–H groups in total. The lowest BCUT2D eigenvalue weighted by atomic mass is 10.1. The minimum atomic E-state index is -4.57. The van der Waals surface area contributed by atoms with E-state index in [1.165, 1.54) is 24.3 Å². The van der Waals surface area contributed by atoms with Gasteiger partial charge in [-0.1, -0.05) is 23.2 Å². The highest BCUT2D eigenvalue weighted by Gasteiger charge is 2.30. The van der Waals surface area contributed by atoms with Crippen molar-refractivity contribution in [1.29, 1.82) is 0 Å². The molecule has 170 valence electrons. The van der Waals surface area contributed by atoms with Crippen molar-refractivity contribution < 1.29 is 32.4 Å². The molecule has 1 amide bonds. The first kappa shape index (κ1) is 24.0. The number of ether oxygens (including phenoxy) is 1. The fraction of sp³-hybridized carbons (Fsp3) is 0.0476. The number of rotatable bonds is 5. The van der Waals surface area contributed by atoms with E-state index in [9.17, 15) is 32.9 Å². The van der Waals surface area contributed by atoms with Crippen LogP contribution in [0.4, 0.5) is 24.5 Å². The van der Waals surface area contributed by atoms with E-state index in [1.807, 2.05) is 0 Å². The Hall–Kier alpha value is -3.63. The fourth-order valence-electron chi connectivity index (χ4n) is 2.63. The molecule has 0 aliphatic heterocycles. The SMILES string of the molecule is O=C(Oc1ccc(Cl)cc1C(=O)Nc1ccc([N+](=O)[O-])cc1Cl)c1ccc(C(F)(F)F)cc1. The Bertz CT molecular complexity index is 1250. The van der Waals surface area contributed by atoms with Gasteiger partial charge in [-0.2, -0.15) is 13.2 Å². The Morgan fingerprint density at radius 2 is 1.64 bits per heavy atom. The lowest BCUT2D eigenvalue weighted by Crippen LogP contribution is -2.16. The van der Waals surface area contributed by atoms with E-state index in [2.05, 4.69) is 5.32 Å². The van der Waals surface area contributed by atoms with E-state index in [0.717, 1.165) is 36.4 Å². The number of nitro groups is 1. The smallest absolute Gasteiger partial charge is 0.416 e. The molecule has 0 aliphatic rings. The maximum Gasteiger partial charge on any atom is 0.416 e. The molecule has 33 heavy (non-hydrogen) atoms. The topological polar surface area (TPSA) is 98.5 Å². The second-order valence-corrected chi connectivity index (χ2v) is 7.32. The van der Waals surface area contributed by atoms with E-state index in [0.29, 0.717) is 0 Å². The number of alkyl halides is 3. The number of esters is 1. The number of amides is 1. The molecule has 0 fully saturated rings. The van der Waals surface area contributed by atoms with Gasteiger partial charge in [-0.25, -0.2) is 4.79 Å². The number of benzene rings is 3. The zero-order chi connectivity index (χ0) is 24.3. The standard InChI is InChI=1S/C21H11Cl2F3N2O5/c22-13-5-8-18(33-20(30)11-1-3-12(4-2-11)21(24,25)26)15(9-13)19(29)27-17-7-6-14(28(31)32)10-16(17)23/h1-10H,(H,27,29). The molecule has 0 spiro atoms. The van der Waals surface area contributed by atoms with E-state index in [4.69, 9.17) is 27.9 Å². The van der Waals surface area contributed by atoms with Gasteiger partial charge in [0, 0.05) is 17.2 Å². The molecular formula is C21H11Cl2F3N2O5. The van der Waals surface area contributed by atoms with Crippen molar-refractivity contribution in [2.75, 3.05) is 5.32 Å². The summed E-state index contributed by atoms with van der Waals surface area (Å²) in [6, 6.07) is 10.5. The van der Waals surface area contributed by atoms with Crippen molar-refractivity contribution in [2.45, 2.75) is 6.18 Å². The maximum atomic E-state index is 12.8. The predicted octanol–water partition coefficient (Wildman–Crippen LogP) is 6.39. The van der Waals surface area contributed by atoms with E-state index in [1.54, 1.807) is 0 Å². The molecule has 0 atom stereocenters. The molecule has 0 aliphatic carbocycles. The minimum Gasteiger partial charge on any atom is -0.422 e. The van der Waals surface area contributed by atoms with Crippen LogP contribution in [0.2, 0.25) is 10.0 Å². The number of anilines is 1. The maximum absolute atomic E-state index is 12.8. The first-order valence-electron chi connectivity index (χ1n) is 8.90. The Balaban J connectivity index is 1.83. The zero-order valence-electron chi connectivity index (χ0n) is 16.2. The van der Waals surface area contributed by atoms with E-state index < -0.39 is 28.5 Å². The van der Waals surface area contributed by atoms with Crippen LogP contribution < -0.4 is 10.1 Å². The molecular weight excluding hydrogens is 488 g/mol. The third-order valence-corrected chi connectivity index (χ3v) is 4.80. The normalized spacial score (nSPS) is 11.1. The van der Waals surface area contributed by atoms with Gasteiger partial charge in [-0.05, 0) is 48.5 Å². The molecule has 3 aromatic carbocycles. The summed E-state index contributed by atoms with van der Waals surface area (Å²) >= 11 is 11.9. The number of hydrogen-bond acceptors (Lipinski definition) is 5. The molecule has 3 rings (SSSR count). The first-order valence-corrected chi connectivity index (χ1v) is 9.65. The second kappa shape index (κ2) is 9.47. The van der Waals surface area contributed by atoms with Gasteiger partial charge < -0.3 is 10.1 Å².